The summed E-state index contributed by atoms with van der Waals surface area (Å²) >= 11 is 18.7. The number of ether oxygens (including phenoxy) is 1. The van der Waals surface area contributed by atoms with E-state index in [0.717, 1.165) is 24.9 Å². The Kier molecular flexibility index (Phi) is 7.22. The van der Waals surface area contributed by atoms with Gasteiger partial charge in [-0.2, -0.15) is 5.10 Å². The lowest BCUT2D eigenvalue weighted by atomic mass is 9.97. The van der Waals surface area contributed by atoms with Crippen LogP contribution in [0.3, 0.4) is 0 Å². The van der Waals surface area contributed by atoms with Crippen LogP contribution in [0.5, 0.6) is 0 Å². The van der Waals surface area contributed by atoms with E-state index in [-0.39, 0.29) is 23.6 Å². The fourth-order valence-corrected chi connectivity index (χ4v) is 5.06. The molecule has 33 heavy (non-hydrogen) atoms. The van der Waals surface area contributed by atoms with E-state index in [4.69, 9.17) is 44.6 Å². The maximum absolute atomic E-state index is 13.3. The Morgan fingerprint density at radius 1 is 1.12 bits per heavy atom. The van der Waals surface area contributed by atoms with Gasteiger partial charge >= 0.3 is 0 Å². The Bertz CT molecular complexity index is 1060. The summed E-state index contributed by atoms with van der Waals surface area (Å²) in [6.07, 6.45) is 2.37. The molecule has 1 fully saturated rings. The van der Waals surface area contributed by atoms with Crippen molar-refractivity contribution in [2.45, 2.75) is 50.8 Å². The molecule has 2 atom stereocenters. The predicted molar refractivity (Wildman–Crippen MR) is 134 cm³/mol. The molecule has 0 aromatic heterocycles. The van der Waals surface area contributed by atoms with Gasteiger partial charge in [0.1, 0.15) is 5.71 Å². The molecular formula is C24H27Cl3N4O2. The normalized spacial score (nSPS) is 21.4. The van der Waals surface area contributed by atoms with Crippen molar-refractivity contribution in [3.8, 4) is 0 Å². The molecule has 4 rings (SSSR count). The number of nitrogens with zero attached hydrogens (tertiary/aromatic N) is 3. The third-order valence-electron chi connectivity index (χ3n) is 6.41. The average molecular weight is 510 g/mol. The first-order valence-corrected chi connectivity index (χ1v) is 12.0. The zero-order valence-corrected chi connectivity index (χ0v) is 21.1. The van der Waals surface area contributed by atoms with Crippen LogP contribution in [0, 0.1) is 0 Å². The first-order chi connectivity index (χ1) is 15.7. The van der Waals surface area contributed by atoms with Crippen LogP contribution in [0.2, 0.25) is 15.1 Å². The lowest BCUT2D eigenvalue weighted by molar-refractivity contribution is -0.123. The molecule has 1 saturated heterocycles. The quantitative estimate of drug-likeness (QED) is 0.529. The van der Waals surface area contributed by atoms with Gasteiger partial charge in [0.25, 0.3) is 5.91 Å². The van der Waals surface area contributed by atoms with Crippen molar-refractivity contribution in [1.29, 1.82) is 0 Å². The zero-order chi connectivity index (χ0) is 23.8. The molecule has 2 aliphatic heterocycles. The van der Waals surface area contributed by atoms with Crippen LogP contribution >= 0.6 is 34.8 Å². The van der Waals surface area contributed by atoms with Crippen molar-refractivity contribution in [3.63, 3.8) is 0 Å². The Labute approximate surface area is 209 Å². The zero-order valence-electron chi connectivity index (χ0n) is 18.8. The van der Waals surface area contributed by atoms with Gasteiger partial charge in [-0.15, -0.1) is 0 Å². The molecule has 2 aliphatic rings. The van der Waals surface area contributed by atoms with Crippen LogP contribution in [0.15, 0.2) is 47.6 Å². The molecule has 1 unspecified atom stereocenters. The van der Waals surface area contributed by atoms with Crippen molar-refractivity contribution in [2.75, 3.05) is 18.7 Å². The molecule has 0 aliphatic carbocycles. The molecule has 176 valence electrons. The maximum atomic E-state index is 13.3. The minimum atomic E-state index is -0.379. The fraction of sp³-hybridized carbons (Fsp3) is 0.417. The summed E-state index contributed by atoms with van der Waals surface area (Å²) in [6.45, 7) is 4.84. The maximum Gasteiger partial charge on any atom is 0.281 e. The lowest BCUT2D eigenvalue weighted by Crippen LogP contribution is -2.55. The van der Waals surface area contributed by atoms with Gasteiger partial charge in [0.05, 0.1) is 28.4 Å². The molecule has 2 heterocycles. The number of benzene rings is 2. The van der Waals surface area contributed by atoms with E-state index in [1.54, 1.807) is 24.3 Å². The van der Waals surface area contributed by atoms with E-state index >= 15 is 0 Å². The van der Waals surface area contributed by atoms with Crippen molar-refractivity contribution >= 4 is 52.1 Å². The summed E-state index contributed by atoms with van der Waals surface area (Å²) in [4.78, 5) is 13.3. The highest BCUT2D eigenvalue weighted by Gasteiger charge is 2.40. The standard InChI is InChI=1S/C24H27Cl3N4O2/c1-24(2,33-3)22-5-4-12-30(22)29-23(32)19-14-21(15-6-8-16(25)9-7-15)31(28-19)20-11-10-17(26)13-18(20)27/h6-11,13,21-22H,4-5,12,14H2,1-3H3,(H,29,32)/t21?,22-/m1/s1. The van der Waals surface area contributed by atoms with E-state index in [9.17, 15) is 4.79 Å². The summed E-state index contributed by atoms with van der Waals surface area (Å²) in [7, 11) is 1.70. The third-order valence-corrected chi connectivity index (χ3v) is 7.20. The van der Waals surface area contributed by atoms with Crippen molar-refractivity contribution < 1.29 is 9.53 Å². The summed E-state index contributed by atoms with van der Waals surface area (Å²) in [6, 6.07) is 12.7. The number of nitrogens with one attached hydrogen (secondary N) is 1. The molecule has 0 bridgehead atoms. The molecule has 0 saturated carbocycles. The van der Waals surface area contributed by atoms with Gasteiger partial charge in [0.15, 0.2) is 0 Å². The van der Waals surface area contributed by atoms with E-state index in [2.05, 4.69) is 5.43 Å². The molecule has 2 aromatic carbocycles. The first-order valence-electron chi connectivity index (χ1n) is 10.9. The second-order valence-electron chi connectivity index (χ2n) is 8.86. The predicted octanol–water partition coefficient (Wildman–Crippen LogP) is 5.87. The van der Waals surface area contributed by atoms with Crippen LogP contribution in [-0.2, 0) is 9.53 Å². The monoisotopic (exact) mass is 508 g/mol. The number of hydrogen-bond acceptors (Lipinski definition) is 5. The van der Waals surface area contributed by atoms with Crippen LogP contribution < -0.4 is 10.4 Å². The smallest absolute Gasteiger partial charge is 0.281 e. The number of carbonyl (C=O) groups is 1. The number of anilines is 1. The highest BCUT2D eigenvalue weighted by Crippen LogP contribution is 2.40. The van der Waals surface area contributed by atoms with E-state index in [1.165, 1.54) is 0 Å². The highest BCUT2D eigenvalue weighted by molar-refractivity contribution is 6.40. The Morgan fingerprint density at radius 2 is 1.82 bits per heavy atom. The van der Waals surface area contributed by atoms with Crippen molar-refractivity contribution in [1.82, 2.24) is 10.4 Å². The topological polar surface area (TPSA) is 57.2 Å². The SMILES string of the molecule is COC(C)(C)[C@H]1CCCN1NC(=O)C1=NN(c2ccc(Cl)cc2Cl)C(c2ccc(Cl)cc2)C1. The second kappa shape index (κ2) is 9.80. The summed E-state index contributed by atoms with van der Waals surface area (Å²) in [5.74, 6) is -0.222. The van der Waals surface area contributed by atoms with Gasteiger partial charge < -0.3 is 4.74 Å². The molecule has 0 radical (unpaired) electrons. The van der Waals surface area contributed by atoms with Gasteiger partial charge in [-0.25, -0.2) is 5.01 Å². The molecule has 1 N–H and O–H groups in total. The Morgan fingerprint density at radius 3 is 2.48 bits per heavy atom. The average Bonchev–Trinajstić information content (AvgIpc) is 3.42. The number of rotatable bonds is 6. The van der Waals surface area contributed by atoms with E-state index < -0.39 is 0 Å². The number of methoxy groups -OCH3 is 1. The van der Waals surface area contributed by atoms with Gasteiger partial charge in [-0.05, 0) is 62.6 Å². The molecule has 9 heteroatoms. The van der Waals surface area contributed by atoms with Gasteiger partial charge in [-0.1, -0.05) is 46.9 Å². The number of halogens is 3. The van der Waals surface area contributed by atoms with Gasteiger partial charge in [0, 0.05) is 30.1 Å². The minimum absolute atomic E-state index is 0.0855. The minimum Gasteiger partial charge on any atom is -0.377 e. The first kappa shape index (κ1) is 24.3. The van der Waals surface area contributed by atoms with Crippen LogP contribution in [0.25, 0.3) is 0 Å². The van der Waals surface area contributed by atoms with Gasteiger partial charge in [-0.3, -0.25) is 15.2 Å². The van der Waals surface area contributed by atoms with Crippen LogP contribution in [0.4, 0.5) is 5.69 Å². The van der Waals surface area contributed by atoms with Gasteiger partial charge in [0.2, 0.25) is 0 Å². The summed E-state index contributed by atoms with van der Waals surface area (Å²) in [5, 5.41) is 10.1. The molecule has 6 nitrogen and oxygen atoms in total. The molecular weight excluding hydrogens is 483 g/mol. The van der Waals surface area contributed by atoms with E-state index in [1.807, 2.05) is 49.2 Å². The summed E-state index contributed by atoms with van der Waals surface area (Å²) < 4.78 is 5.67. The van der Waals surface area contributed by atoms with Crippen LogP contribution in [-0.4, -0.2) is 41.9 Å². The molecule has 2 aromatic rings. The largest absolute Gasteiger partial charge is 0.377 e. The Balaban J connectivity index is 1.61. The van der Waals surface area contributed by atoms with Crippen molar-refractivity contribution in [3.05, 3.63) is 63.1 Å². The summed E-state index contributed by atoms with van der Waals surface area (Å²) in [5.41, 5.74) is 4.79. The Hall–Kier alpha value is -1.83. The highest BCUT2D eigenvalue weighted by atomic mass is 35.5. The number of amides is 1. The second-order valence-corrected chi connectivity index (χ2v) is 10.1. The van der Waals surface area contributed by atoms with Crippen LogP contribution in [0.1, 0.15) is 44.7 Å². The third kappa shape index (κ3) is 5.15. The number of carbonyl (C=O) groups excluding carboxylic acids is 1. The van der Waals surface area contributed by atoms with Crippen molar-refractivity contribution in [2.24, 2.45) is 5.10 Å². The number of hydrazine groups is 1. The molecule has 0 spiro atoms. The van der Waals surface area contributed by atoms with E-state index in [0.29, 0.717) is 32.9 Å². The number of hydrogen-bond donors (Lipinski definition) is 1. The molecule has 1 amide bonds. The fourth-order valence-electron chi connectivity index (χ4n) is 4.44. The lowest BCUT2D eigenvalue weighted by Gasteiger charge is -2.36. The number of hydrazone groups is 1.